The maximum Gasteiger partial charge on any atom is 0.176 e. The van der Waals surface area contributed by atoms with Crippen LogP contribution in [-0.4, -0.2) is 55.4 Å². The minimum atomic E-state index is 0.232. The number of nitrogens with zero attached hydrogens (tertiary/aromatic N) is 2. The van der Waals surface area contributed by atoms with Crippen LogP contribution in [0.3, 0.4) is 0 Å². The average molecular weight is 372 g/mol. The van der Waals surface area contributed by atoms with Gasteiger partial charge in [0, 0.05) is 21.7 Å². The van der Waals surface area contributed by atoms with E-state index in [4.69, 9.17) is 0 Å². The molecule has 0 saturated carbocycles. The van der Waals surface area contributed by atoms with E-state index >= 15 is 0 Å². The van der Waals surface area contributed by atoms with Crippen LogP contribution < -0.4 is 0 Å². The summed E-state index contributed by atoms with van der Waals surface area (Å²) in [5.74, 6) is 0.232. The summed E-state index contributed by atoms with van der Waals surface area (Å²) in [5.41, 5.74) is 0.826. The van der Waals surface area contributed by atoms with Crippen LogP contribution in [0.4, 0.5) is 0 Å². The highest BCUT2D eigenvalue weighted by molar-refractivity contribution is 14.1. The molecule has 104 valence electrons. The summed E-state index contributed by atoms with van der Waals surface area (Å²) in [6.07, 6.45) is 2.42. The normalized spacial score (nSPS) is 20.7. The van der Waals surface area contributed by atoms with Crippen LogP contribution in [0.2, 0.25) is 0 Å². The second-order valence-corrected chi connectivity index (χ2v) is 6.67. The van der Waals surface area contributed by atoms with E-state index in [-0.39, 0.29) is 5.78 Å². The molecule has 1 heterocycles. The molecule has 1 atom stereocenters. The van der Waals surface area contributed by atoms with Crippen molar-refractivity contribution in [2.75, 3.05) is 33.7 Å². The molecule has 1 saturated heterocycles. The Bertz CT molecular complexity index is 430. The molecule has 1 aromatic rings. The van der Waals surface area contributed by atoms with Crippen molar-refractivity contribution in [3.8, 4) is 0 Å². The predicted molar refractivity (Wildman–Crippen MR) is 86.6 cm³/mol. The molecule has 1 fully saturated rings. The van der Waals surface area contributed by atoms with Gasteiger partial charge in [0.25, 0.3) is 0 Å². The lowest BCUT2D eigenvalue weighted by Gasteiger charge is -2.35. The fourth-order valence-electron chi connectivity index (χ4n) is 2.53. The predicted octanol–water partition coefficient (Wildman–Crippen LogP) is 2.50. The number of hydrogen-bond acceptors (Lipinski definition) is 3. The highest BCUT2D eigenvalue weighted by Gasteiger charge is 2.23. The zero-order valence-electron chi connectivity index (χ0n) is 11.6. The van der Waals surface area contributed by atoms with Crippen LogP contribution >= 0.6 is 22.6 Å². The van der Waals surface area contributed by atoms with Crippen molar-refractivity contribution in [3.63, 3.8) is 0 Å². The lowest BCUT2D eigenvalue weighted by molar-refractivity contribution is 0.0852. The van der Waals surface area contributed by atoms with Gasteiger partial charge in [-0.1, -0.05) is 12.1 Å². The molecule has 0 bridgehead atoms. The Balaban J connectivity index is 1.93. The number of ketones is 1. The van der Waals surface area contributed by atoms with Gasteiger partial charge in [0.15, 0.2) is 5.78 Å². The van der Waals surface area contributed by atoms with E-state index in [9.17, 15) is 4.79 Å². The molecule has 1 aliphatic rings. The molecule has 0 spiro atoms. The Labute approximate surface area is 129 Å². The van der Waals surface area contributed by atoms with Crippen LogP contribution in [0.15, 0.2) is 24.3 Å². The monoisotopic (exact) mass is 372 g/mol. The quantitative estimate of drug-likeness (QED) is 0.600. The Hall–Kier alpha value is -0.460. The van der Waals surface area contributed by atoms with Crippen LogP contribution in [0, 0.1) is 3.57 Å². The summed E-state index contributed by atoms with van der Waals surface area (Å²) in [7, 11) is 4.24. The fourth-order valence-corrected chi connectivity index (χ4v) is 2.89. The molecular formula is C15H21IN2O. The van der Waals surface area contributed by atoms with Gasteiger partial charge < -0.3 is 4.90 Å². The number of likely N-dealkylation sites (N-methyl/N-ethyl adjacent to an activating group) is 1. The molecule has 1 unspecified atom stereocenters. The van der Waals surface area contributed by atoms with Gasteiger partial charge in [0.1, 0.15) is 0 Å². The number of piperidine rings is 1. The molecule has 19 heavy (non-hydrogen) atoms. The highest BCUT2D eigenvalue weighted by Crippen LogP contribution is 2.15. The molecule has 0 radical (unpaired) electrons. The maximum atomic E-state index is 12.2. The van der Waals surface area contributed by atoms with Crippen molar-refractivity contribution >= 4 is 28.4 Å². The van der Waals surface area contributed by atoms with Crippen molar-refractivity contribution in [2.45, 2.75) is 18.9 Å². The number of carbonyl (C=O) groups is 1. The molecule has 1 aromatic carbocycles. The zero-order valence-corrected chi connectivity index (χ0v) is 13.8. The number of likely N-dealkylation sites (tertiary alicyclic amines) is 1. The van der Waals surface area contributed by atoms with Crippen molar-refractivity contribution in [2.24, 2.45) is 0 Å². The van der Waals surface area contributed by atoms with Crippen LogP contribution in [0.5, 0.6) is 0 Å². The van der Waals surface area contributed by atoms with Gasteiger partial charge in [-0.3, -0.25) is 9.69 Å². The molecule has 2 rings (SSSR count). The summed E-state index contributed by atoms with van der Waals surface area (Å²) in [6.45, 7) is 2.59. The van der Waals surface area contributed by atoms with Crippen molar-refractivity contribution < 1.29 is 4.79 Å². The standard InChI is InChI=1S/C15H21IN2O/c1-17(2)14-4-3-9-18(10-14)11-15(19)12-5-7-13(16)8-6-12/h5-8,14H,3-4,9-11H2,1-2H3. The Morgan fingerprint density at radius 2 is 2.05 bits per heavy atom. The van der Waals surface area contributed by atoms with Crippen LogP contribution in [0.25, 0.3) is 0 Å². The van der Waals surface area contributed by atoms with Gasteiger partial charge in [-0.2, -0.15) is 0 Å². The first-order chi connectivity index (χ1) is 9.06. The molecule has 3 nitrogen and oxygen atoms in total. The number of hydrogen-bond donors (Lipinski definition) is 0. The molecular weight excluding hydrogens is 351 g/mol. The molecule has 0 N–H and O–H groups in total. The summed E-state index contributed by atoms with van der Waals surface area (Å²) < 4.78 is 1.17. The second-order valence-electron chi connectivity index (χ2n) is 5.42. The third kappa shape index (κ3) is 4.26. The van der Waals surface area contributed by atoms with E-state index in [1.807, 2.05) is 24.3 Å². The number of Topliss-reactive ketones (excluding diaryl/α,β-unsaturated/α-hetero) is 1. The topological polar surface area (TPSA) is 23.6 Å². The van der Waals surface area contributed by atoms with Crippen molar-refractivity contribution in [1.82, 2.24) is 9.80 Å². The third-order valence-corrected chi connectivity index (χ3v) is 4.46. The van der Waals surface area contributed by atoms with E-state index in [1.165, 1.54) is 16.4 Å². The minimum Gasteiger partial charge on any atom is -0.305 e. The largest absolute Gasteiger partial charge is 0.305 e. The van der Waals surface area contributed by atoms with Crippen LogP contribution in [0.1, 0.15) is 23.2 Å². The van der Waals surface area contributed by atoms with Crippen molar-refractivity contribution in [3.05, 3.63) is 33.4 Å². The molecule has 4 heteroatoms. The van der Waals surface area contributed by atoms with Gasteiger partial charge in [-0.25, -0.2) is 0 Å². The lowest BCUT2D eigenvalue weighted by Crippen LogP contribution is -2.46. The Kier molecular flexibility index (Phi) is 5.36. The summed E-state index contributed by atoms with van der Waals surface area (Å²) in [5, 5.41) is 0. The highest BCUT2D eigenvalue weighted by atomic mass is 127. The number of benzene rings is 1. The van der Waals surface area contributed by atoms with Gasteiger partial charge in [0.05, 0.1) is 6.54 Å². The number of rotatable bonds is 4. The summed E-state index contributed by atoms with van der Waals surface area (Å²) in [6, 6.07) is 8.42. The lowest BCUT2D eigenvalue weighted by atomic mass is 10.0. The summed E-state index contributed by atoms with van der Waals surface area (Å²) in [4.78, 5) is 16.8. The summed E-state index contributed by atoms with van der Waals surface area (Å²) >= 11 is 2.26. The number of carbonyl (C=O) groups excluding carboxylic acids is 1. The van der Waals surface area contributed by atoms with E-state index in [0.29, 0.717) is 12.6 Å². The second kappa shape index (κ2) is 6.81. The van der Waals surface area contributed by atoms with Gasteiger partial charge in [-0.15, -0.1) is 0 Å². The molecule has 0 aliphatic carbocycles. The van der Waals surface area contributed by atoms with Crippen molar-refractivity contribution in [1.29, 1.82) is 0 Å². The Morgan fingerprint density at radius 3 is 2.68 bits per heavy atom. The molecule has 0 amide bonds. The fraction of sp³-hybridized carbons (Fsp3) is 0.533. The van der Waals surface area contributed by atoms with Gasteiger partial charge in [0.2, 0.25) is 0 Å². The average Bonchev–Trinajstić information content (AvgIpc) is 2.39. The zero-order chi connectivity index (χ0) is 13.8. The van der Waals surface area contributed by atoms with Gasteiger partial charge >= 0.3 is 0 Å². The minimum absolute atomic E-state index is 0.232. The first-order valence-electron chi connectivity index (χ1n) is 6.74. The maximum absolute atomic E-state index is 12.2. The first kappa shape index (κ1) is 14.9. The van der Waals surface area contributed by atoms with E-state index in [1.54, 1.807) is 0 Å². The Morgan fingerprint density at radius 1 is 1.37 bits per heavy atom. The molecule has 0 aromatic heterocycles. The smallest absolute Gasteiger partial charge is 0.176 e. The van der Waals surface area contributed by atoms with Crippen LogP contribution in [-0.2, 0) is 0 Å². The van der Waals surface area contributed by atoms with Gasteiger partial charge in [-0.05, 0) is 68.2 Å². The SMILES string of the molecule is CN(C)C1CCCN(CC(=O)c2ccc(I)cc2)C1. The molecule has 1 aliphatic heterocycles. The number of halogens is 1. The van der Waals surface area contributed by atoms with E-state index < -0.39 is 0 Å². The first-order valence-corrected chi connectivity index (χ1v) is 7.81. The van der Waals surface area contributed by atoms with E-state index in [2.05, 4.69) is 46.5 Å². The van der Waals surface area contributed by atoms with E-state index in [0.717, 1.165) is 18.7 Å². The third-order valence-electron chi connectivity index (χ3n) is 3.74.